The fourth-order valence-electron chi connectivity index (χ4n) is 4.67. The number of likely N-dealkylation sites (tertiary alicyclic amines) is 1. The molecule has 3 aromatic rings. The maximum Gasteiger partial charge on any atom is 0.244 e. The minimum atomic E-state index is -3.69. The van der Waals surface area contributed by atoms with E-state index in [2.05, 4.69) is 9.97 Å². The number of amides is 1. The van der Waals surface area contributed by atoms with Gasteiger partial charge in [-0.25, -0.2) is 8.42 Å². The monoisotopic (exact) mass is 434 g/mol. The molecule has 31 heavy (non-hydrogen) atoms. The van der Waals surface area contributed by atoms with Gasteiger partial charge in [-0.2, -0.15) is 4.31 Å². The minimum absolute atomic E-state index is 0.0204. The first-order chi connectivity index (χ1) is 15.0. The van der Waals surface area contributed by atoms with Crippen LogP contribution >= 0.6 is 0 Å². The lowest BCUT2D eigenvalue weighted by molar-refractivity contribution is -0.129. The standard InChI is InChI=1S/C23H22N4O3S/c28-22(13-18-5-3-10-24-14-18)26-12-9-23(17-26)20-7-1-2-8-21(20)31(29,30)27(23)16-19-6-4-11-25-15-19/h1-8,10-11,14-15H,9,12-13,16-17H2/t23-/m1/s1. The topological polar surface area (TPSA) is 83.5 Å². The van der Waals surface area contributed by atoms with Crippen LogP contribution in [0.5, 0.6) is 0 Å². The van der Waals surface area contributed by atoms with Crippen LogP contribution in [0.4, 0.5) is 0 Å². The van der Waals surface area contributed by atoms with E-state index in [4.69, 9.17) is 0 Å². The Balaban J connectivity index is 1.50. The molecule has 0 bridgehead atoms. The van der Waals surface area contributed by atoms with E-state index in [1.807, 2.05) is 30.3 Å². The SMILES string of the molecule is O=C(Cc1cccnc1)N1CC[C@@]2(C1)c1ccccc1S(=O)(=O)N2Cc1cccnc1. The van der Waals surface area contributed by atoms with Crippen LogP contribution < -0.4 is 0 Å². The maximum absolute atomic E-state index is 13.5. The molecule has 1 saturated heterocycles. The number of carbonyl (C=O) groups is 1. The van der Waals surface area contributed by atoms with Gasteiger partial charge >= 0.3 is 0 Å². The molecule has 1 fully saturated rings. The Morgan fingerprint density at radius 1 is 0.968 bits per heavy atom. The number of sulfonamides is 1. The van der Waals surface area contributed by atoms with Gasteiger partial charge in [0.25, 0.3) is 0 Å². The van der Waals surface area contributed by atoms with E-state index in [1.54, 1.807) is 52.2 Å². The fraction of sp³-hybridized carbons (Fsp3) is 0.261. The molecule has 2 aliphatic heterocycles. The van der Waals surface area contributed by atoms with Gasteiger partial charge in [-0.1, -0.05) is 30.3 Å². The summed E-state index contributed by atoms with van der Waals surface area (Å²) in [6.45, 7) is 1.06. The minimum Gasteiger partial charge on any atom is -0.340 e. The zero-order valence-corrected chi connectivity index (χ0v) is 17.7. The number of carbonyl (C=O) groups excluding carboxylic acids is 1. The van der Waals surface area contributed by atoms with Crippen LogP contribution in [-0.4, -0.2) is 46.6 Å². The smallest absolute Gasteiger partial charge is 0.244 e. The van der Waals surface area contributed by atoms with E-state index in [9.17, 15) is 13.2 Å². The van der Waals surface area contributed by atoms with Gasteiger partial charge in [0, 0.05) is 44.4 Å². The Kier molecular flexibility index (Phi) is 4.83. The summed E-state index contributed by atoms with van der Waals surface area (Å²) in [5.74, 6) is -0.0204. The van der Waals surface area contributed by atoms with E-state index < -0.39 is 15.6 Å². The molecule has 0 saturated carbocycles. The molecule has 1 atom stereocenters. The highest BCUT2D eigenvalue weighted by molar-refractivity contribution is 7.89. The second kappa shape index (κ2) is 7.55. The predicted octanol–water partition coefficient (Wildman–Crippen LogP) is 2.35. The molecule has 0 N–H and O–H groups in total. The molecule has 4 heterocycles. The van der Waals surface area contributed by atoms with Gasteiger partial charge in [0.05, 0.1) is 16.9 Å². The predicted molar refractivity (Wildman–Crippen MR) is 114 cm³/mol. The highest BCUT2D eigenvalue weighted by Gasteiger charge is 2.57. The lowest BCUT2D eigenvalue weighted by atomic mass is 9.88. The van der Waals surface area contributed by atoms with E-state index in [0.717, 1.165) is 16.7 Å². The lowest BCUT2D eigenvalue weighted by Crippen LogP contribution is -2.46. The third-order valence-electron chi connectivity index (χ3n) is 6.16. The van der Waals surface area contributed by atoms with Gasteiger partial charge in [0.15, 0.2) is 0 Å². The Labute approximate surface area is 181 Å². The number of fused-ring (bicyclic) bond motifs is 2. The van der Waals surface area contributed by atoms with Crippen molar-refractivity contribution in [2.24, 2.45) is 0 Å². The summed E-state index contributed by atoms with van der Waals surface area (Å²) in [6, 6.07) is 14.5. The first-order valence-corrected chi connectivity index (χ1v) is 11.6. The number of rotatable bonds is 4. The van der Waals surface area contributed by atoms with Crippen LogP contribution in [-0.2, 0) is 33.3 Å². The van der Waals surface area contributed by atoms with Gasteiger partial charge in [-0.3, -0.25) is 14.8 Å². The fourth-order valence-corrected chi connectivity index (χ4v) is 6.72. The van der Waals surface area contributed by atoms with Gasteiger partial charge in [0.1, 0.15) is 0 Å². The van der Waals surface area contributed by atoms with Gasteiger partial charge in [-0.05, 0) is 41.3 Å². The van der Waals surface area contributed by atoms with Crippen molar-refractivity contribution in [3.05, 3.63) is 90.0 Å². The molecule has 0 unspecified atom stereocenters. The van der Waals surface area contributed by atoms with Crippen LogP contribution in [0.3, 0.4) is 0 Å². The van der Waals surface area contributed by atoms with Crippen LogP contribution in [0.25, 0.3) is 0 Å². The van der Waals surface area contributed by atoms with Gasteiger partial charge in [-0.15, -0.1) is 0 Å². The molecule has 0 radical (unpaired) electrons. The van der Waals surface area contributed by atoms with Crippen LogP contribution in [0, 0.1) is 0 Å². The largest absolute Gasteiger partial charge is 0.340 e. The second-order valence-electron chi connectivity index (χ2n) is 8.00. The van der Waals surface area contributed by atoms with E-state index in [0.29, 0.717) is 24.4 Å². The van der Waals surface area contributed by atoms with Crippen LogP contribution in [0.15, 0.2) is 78.2 Å². The van der Waals surface area contributed by atoms with E-state index >= 15 is 0 Å². The molecule has 0 aliphatic carbocycles. The third-order valence-corrected chi connectivity index (χ3v) is 8.13. The molecular formula is C23H22N4O3S. The molecule has 7 nitrogen and oxygen atoms in total. The lowest BCUT2D eigenvalue weighted by Gasteiger charge is -2.34. The summed E-state index contributed by atoms with van der Waals surface area (Å²) in [6.07, 6.45) is 7.53. The number of benzene rings is 1. The molecule has 1 aromatic carbocycles. The highest BCUT2D eigenvalue weighted by atomic mass is 32.2. The summed E-state index contributed by atoms with van der Waals surface area (Å²) in [7, 11) is -3.69. The average Bonchev–Trinajstić information content (AvgIpc) is 3.31. The normalized spacial score (nSPS) is 22.0. The van der Waals surface area contributed by atoms with Crippen LogP contribution in [0.1, 0.15) is 23.1 Å². The van der Waals surface area contributed by atoms with E-state index in [-0.39, 0.29) is 18.9 Å². The van der Waals surface area contributed by atoms with Crippen molar-refractivity contribution < 1.29 is 13.2 Å². The van der Waals surface area contributed by atoms with Crippen LogP contribution in [0.2, 0.25) is 0 Å². The molecule has 1 amide bonds. The van der Waals surface area contributed by atoms with Gasteiger partial charge < -0.3 is 4.90 Å². The van der Waals surface area contributed by atoms with E-state index in [1.165, 1.54) is 0 Å². The number of aromatic nitrogens is 2. The molecule has 2 aliphatic rings. The molecule has 158 valence electrons. The van der Waals surface area contributed by atoms with Crippen molar-refractivity contribution in [2.75, 3.05) is 13.1 Å². The molecule has 8 heteroatoms. The zero-order chi connectivity index (χ0) is 21.5. The third kappa shape index (κ3) is 3.32. The first-order valence-electron chi connectivity index (χ1n) is 10.2. The highest BCUT2D eigenvalue weighted by Crippen LogP contribution is 2.50. The van der Waals surface area contributed by atoms with Crippen molar-refractivity contribution in [2.45, 2.75) is 29.8 Å². The summed E-state index contributed by atoms with van der Waals surface area (Å²) < 4.78 is 28.6. The molecule has 2 aromatic heterocycles. The summed E-state index contributed by atoms with van der Waals surface area (Å²) in [4.78, 5) is 23.3. The Bertz CT molecular complexity index is 1220. The van der Waals surface area contributed by atoms with Crippen molar-refractivity contribution >= 4 is 15.9 Å². The van der Waals surface area contributed by atoms with Crippen molar-refractivity contribution in [1.29, 1.82) is 0 Å². The number of hydrogen-bond donors (Lipinski definition) is 0. The quantitative estimate of drug-likeness (QED) is 0.630. The number of hydrogen-bond acceptors (Lipinski definition) is 5. The average molecular weight is 435 g/mol. The zero-order valence-electron chi connectivity index (χ0n) is 16.9. The number of nitrogens with zero attached hydrogens (tertiary/aromatic N) is 4. The maximum atomic E-state index is 13.5. The van der Waals surface area contributed by atoms with Crippen molar-refractivity contribution in [3.8, 4) is 0 Å². The molecule has 1 spiro atoms. The Morgan fingerprint density at radius 3 is 2.39 bits per heavy atom. The Morgan fingerprint density at radius 2 is 1.68 bits per heavy atom. The molecular weight excluding hydrogens is 412 g/mol. The summed E-state index contributed by atoms with van der Waals surface area (Å²) >= 11 is 0. The molecule has 5 rings (SSSR count). The van der Waals surface area contributed by atoms with Crippen molar-refractivity contribution in [3.63, 3.8) is 0 Å². The summed E-state index contributed by atoms with van der Waals surface area (Å²) in [5.41, 5.74) is 1.67. The Hall–Kier alpha value is -3.10. The number of pyridine rings is 2. The van der Waals surface area contributed by atoms with Crippen molar-refractivity contribution in [1.82, 2.24) is 19.2 Å². The van der Waals surface area contributed by atoms with Gasteiger partial charge in [0.2, 0.25) is 15.9 Å². The second-order valence-corrected chi connectivity index (χ2v) is 9.83. The summed E-state index contributed by atoms with van der Waals surface area (Å²) in [5, 5.41) is 0. The first kappa shape index (κ1) is 19.8.